The maximum atomic E-state index is 4.69. The Labute approximate surface area is 161 Å². The number of aromatic amines is 1. The number of benzene rings is 2. The Bertz CT molecular complexity index is 908. The van der Waals surface area contributed by atoms with Crippen LogP contribution in [0.4, 0.5) is 11.4 Å². The van der Waals surface area contributed by atoms with Gasteiger partial charge in [0, 0.05) is 0 Å². The van der Waals surface area contributed by atoms with E-state index in [0.717, 1.165) is 22.8 Å². The SMILES string of the molecule is Cc1cc(C)c(N=Cc2ccc(C=Nc3c(C)cc(C)cc3C)[nH]2)c(C)c1. The highest BCUT2D eigenvalue weighted by molar-refractivity contribution is 5.86. The van der Waals surface area contributed by atoms with E-state index in [0.29, 0.717) is 0 Å². The van der Waals surface area contributed by atoms with E-state index < -0.39 is 0 Å². The Morgan fingerprint density at radius 2 is 0.926 bits per heavy atom. The van der Waals surface area contributed by atoms with Crippen molar-refractivity contribution in [2.24, 2.45) is 9.98 Å². The third-order valence-corrected chi connectivity index (χ3v) is 4.67. The predicted molar refractivity (Wildman–Crippen MR) is 117 cm³/mol. The lowest BCUT2D eigenvalue weighted by molar-refractivity contribution is 1.28. The van der Waals surface area contributed by atoms with Crippen LogP contribution in [-0.4, -0.2) is 17.4 Å². The lowest BCUT2D eigenvalue weighted by Crippen LogP contribution is -1.88. The van der Waals surface area contributed by atoms with E-state index in [1.165, 1.54) is 33.4 Å². The third kappa shape index (κ3) is 4.43. The summed E-state index contributed by atoms with van der Waals surface area (Å²) >= 11 is 0. The van der Waals surface area contributed by atoms with Crippen molar-refractivity contribution in [3.63, 3.8) is 0 Å². The van der Waals surface area contributed by atoms with Gasteiger partial charge in [-0.15, -0.1) is 0 Å². The average Bonchev–Trinajstić information content (AvgIpc) is 3.00. The first-order valence-electron chi connectivity index (χ1n) is 9.26. The van der Waals surface area contributed by atoms with Crippen LogP contribution in [-0.2, 0) is 0 Å². The number of aryl methyl sites for hydroxylation is 6. The first-order chi connectivity index (χ1) is 12.8. The molecule has 0 bridgehead atoms. The van der Waals surface area contributed by atoms with Gasteiger partial charge >= 0.3 is 0 Å². The number of nitrogens with one attached hydrogen (secondary N) is 1. The molecule has 1 aromatic heterocycles. The molecule has 0 radical (unpaired) electrons. The first-order valence-corrected chi connectivity index (χ1v) is 9.26. The predicted octanol–water partition coefficient (Wildman–Crippen LogP) is 6.37. The van der Waals surface area contributed by atoms with E-state index in [1.54, 1.807) is 0 Å². The smallest absolute Gasteiger partial charge is 0.0689 e. The maximum Gasteiger partial charge on any atom is 0.0689 e. The number of aromatic nitrogens is 1. The highest BCUT2D eigenvalue weighted by atomic mass is 14.8. The van der Waals surface area contributed by atoms with Crippen LogP contribution >= 0.6 is 0 Å². The third-order valence-electron chi connectivity index (χ3n) is 4.67. The van der Waals surface area contributed by atoms with Gasteiger partial charge in [0.05, 0.1) is 35.2 Å². The summed E-state index contributed by atoms with van der Waals surface area (Å²) in [4.78, 5) is 12.7. The molecule has 3 aromatic rings. The highest BCUT2D eigenvalue weighted by Gasteiger charge is 2.03. The van der Waals surface area contributed by atoms with Gasteiger partial charge in [-0.1, -0.05) is 35.4 Å². The minimum absolute atomic E-state index is 0.966. The minimum atomic E-state index is 0.966. The van der Waals surface area contributed by atoms with Gasteiger partial charge in [0.2, 0.25) is 0 Å². The summed E-state index contributed by atoms with van der Waals surface area (Å²) in [5.41, 5.74) is 11.3. The van der Waals surface area contributed by atoms with Crippen LogP contribution in [0.25, 0.3) is 0 Å². The van der Waals surface area contributed by atoms with Crippen LogP contribution in [0.15, 0.2) is 46.4 Å². The molecule has 2 aromatic carbocycles. The lowest BCUT2D eigenvalue weighted by Gasteiger charge is -2.06. The number of hydrogen-bond acceptors (Lipinski definition) is 2. The molecule has 0 aliphatic rings. The molecule has 0 saturated heterocycles. The van der Waals surface area contributed by atoms with Gasteiger partial charge in [-0.25, -0.2) is 0 Å². The van der Waals surface area contributed by atoms with Crippen LogP contribution in [0, 0.1) is 41.5 Å². The van der Waals surface area contributed by atoms with Gasteiger partial charge in [0.1, 0.15) is 0 Å². The van der Waals surface area contributed by atoms with Crippen LogP contribution in [0.3, 0.4) is 0 Å². The van der Waals surface area contributed by atoms with E-state index >= 15 is 0 Å². The van der Waals surface area contributed by atoms with Gasteiger partial charge in [-0.2, -0.15) is 0 Å². The first kappa shape index (κ1) is 18.8. The summed E-state index contributed by atoms with van der Waals surface area (Å²) in [7, 11) is 0. The standard InChI is InChI=1S/C24H27N3/c1-15-9-17(3)23(18(4)10-15)25-13-21-7-8-22(27-21)14-26-24-19(5)11-16(2)12-20(24)6/h7-14,27H,1-6H3. The molecule has 0 aliphatic heterocycles. The largest absolute Gasteiger partial charge is 0.353 e. The molecular formula is C24H27N3. The van der Waals surface area contributed by atoms with Crippen molar-refractivity contribution in [1.82, 2.24) is 4.98 Å². The molecule has 3 nitrogen and oxygen atoms in total. The van der Waals surface area contributed by atoms with Crippen LogP contribution < -0.4 is 0 Å². The molecule has 138 valence electrons. The van der Waals surface area contributed by atoms with Crippen LogP contribution in [0.2, 0.25) is 0 Å². The van der Waals surface area contributed by atoms with Crippen LogP contribution in [0.5, 0.6) is 0 Å². The summed E-state index contributed by atoms with van der Waals surface area (Å²) < 4.78 is 0. The Morgan fingerprint density at radius 1 is 0.593 bits per heavy atom. The van der Waals surface area contributed by atoms with Crippen molar-refractivity contribution in [3.05, 3.63) is 81.2 Å². The molecule has 0 fully saturated rings. The van der Waals surface area contributed by atoms with Gasteiger partial charge in [-0.05, 0) is 75.9 Å². The summed E-state index contributed by atoms with van der Waals surface area (Å²) in [5, 5.41) is 0. The Kier molecular flexibility index (Phi) is 5.41. The molecule has 3 heteroatoms. The molecule has 27 heavy (non-hydrogen) atoms. The zero-order chi connectivity index (χ0) is 19.6. The van der Waals surface area contributed by atoms with E-state index in [1.807, 2.05) is 24.6 Å². The van der Waals surface area contributed by atoms with E-state index in [2.05, 4.69) is 80.8 Å². The van der Waals surface area contributed by atoms with Gasteiger partial charge in [-0.3, -0.25) is 9.98 Å². The summed E-state index contributed by atoms with van der Waals surface area (Å²) in [6, 6.07) is 12.7. The molecule has 0 saturated carbocycles. The number of aliphatic imine (C=N–C) groups is 2. The van der Waals surface area contributed by atoms with Crippen molar-refractivity contribution < 1.29 is 0 Å². The zero-order valence-corrected chi connectivity index (χ0v) is 17.0. The fourth-order valence-electron chi connectivity index (χ4n) is 3.60. The highest BCUT2D eigenvalue weighted by Crippen LogP contribution is 2.26. The average molecular weight is 358 g/mol. The van der Waals surface area contributed by atoms with Crippen molar-refractivity contribution in [2.45, 2.75) is 41.5 Å². The molecule has 0 spiro atoms. The molecule has 3 rings (SSSR count). The molecule has 1 N–H and O–H groups in total. The molecule has 0 atom stereocenters. The lowest BCUT2D eigenvalue weighted by atomic mass is 10.1. The van der Waals surface area contributed by atoms with Crippen molar-refractivity contribution in [3.8, 4) is 0 Å². The summed E-state index contributed by atoms with van der Waals surface area (Å²) in [6.45, 7) is 12.6. The van der Waals surface area contributed by atoms with Crippen molar-refractivity contribution >= 4 is 23.8 Å². The fourth-order valence-corrected chi connectivity index (χ4v) is 3.60. The number of H-pyrrole nitrogens is 1. The Balaban J connectivity index is 1.80. The second kappa shape index (κ2) is 7.75. The van der Waals surface area contributed by atoms with Crippen molar-refractivity contribution in [1.29, 1.82) is 0 Å². The topological polar surface area (TPSA) is 40.5 Å². The second-order valence-electron chi connectivity index (χ2n) is 7.38. The van der Waals surface area contributed by atoms with Crippen molar-refractivity contribution in [2.75, 3.05) is 0 Å². The summed E-state index contributed by atoms with van der Waals surface area (Å²) in [5.74, 6) is 0. The number of hydrogen-bond donors (Lipinski definition) is 1. The Hall–Kier alpha value is -2.94. The Morgan fingerprint density at radius 3 is 1.26 bits per heavy atom. The molecule has 1 heterocycles. The van der Waals surface area contributed by atoms with E-state index in [9.17, 15) is 0 Å². The normalized spacial score (nSPS) is 11.8. The zero-order valence-electron chi connectivity index (χ0n) is 17.0. The molecule has 0 unspecified atom stereocenters. The fraction of sp³-hybridized carbons (Fsp3) is 0.250. The second-order valence-corrected chi connectivity index (χ2v) is 7.38. The number of rotatable bonds is 4. The molecular weight excluding hydrogens is 330 g/mol. The van der Waals surface area contributed by atoms with Gasteiger partial charge in [0.15, 0.2) is 0 Å². The van der Waals surface area contributed by atoms with E-state index in [-0.39, 0.29) is 0 Å². The molecule has 0 aliphatic carbocycles. The molecule has 0 amide bonds. The van der Waals surface area contributed by atoms with Gasteiger partial charge < -0.3 is 4.98 Å². The van der Waals surface area contributed by atoms with Gasteiger partial charge in [0.25, 0.3) is 0 Å². The monoisotopic (exact) mass is 357 g/mol. The van der Waals surface area contributed by atoms with Crippen LogP contribution in [0.1, 0.15) is 44.8 Å². The minimum Gasteiger partial charge on any atom is -0.353 e. The number of nitrogens with zero attached hydrogens (tertiary/aromatic N) is 2. The maximum absolute atomic E-state index is 4.69. The quantitative estimate of drug-likeness (QED) is 0.527. The van der Waals surface area contributed by atoms with E-state index in [4.69, 9.17) is 0 Å². The summed E-state index contributed by atoms with van der Waals surface area (Å²) in [6.07, 6.45) is 3.76.